The third-order valence-electron chi connectivity index (χ3n) is 6.23. The average molecular weight is 508 g/mol. The smallest absolute Gasteiger partial charge is 0.260 e. The van der Waals surface area contributed by atoms with Crippen LogP contribution in [0.4, 0.5) is 23.1 Å². The summed E-state index contributed by atoms with van der Waals surface area (Å²) in [7, 11) is 0. The van der Waals surface area contributed by atoms with Crippen molar-refractivity contribution in [3.05, 3.63) is 59.0 Å². The van der Waals surface area contributed by atoms with Crippen LogP contribution in [0.3, 0.4) is 0 Å². The van der Waals surface area contributed by atoms with Crippen molar-refractivity contribution in [3.8, 4) is 5.75 Å². The topological polar surface area (TPSA) is 113 Å². The van der Waals surface area contributed by atoms with Crippen molar-refractivity contribution in [1.82, 2.24) is 24.8 Å². The van der Waals surface area contributed by atoms with Crippen LogP contribution in [0.15, 0.2) is 42.9 Å². The number of pyridine rings is 1. The fraction of sp³-hybridized carbons (Fsp3) is 0.320. The lowest BCUT2D eigenvalue weighted by atomic mass is 10.0. The molecule has 2 aromatic heterocycles. The van der Waals surface area contributed by atoms with Crippen LogP contribution < -0.4 is 15.4 Å². The highest BCUT2D eigenvalue weighted by Gasteiger charge is 2.23. The van der Waals surface area contributed by atoms with Gasteiger partial charge in [-0.3, -0.25) is 14.6 Å². The second kappa shape index (κ2) is 10.4. The van der Waals surface area contributed by atoms with Crippen LogP contribution >= 0.6 is 11.6 Å². The highest BCUT2D eigenvalue weighted by atomic mass is 35.5. The number of ether oxygens (including phenoxy) is 1. The molecule has 6 bridgehead atoms. The number of nitrogens with one attached hydrogen (secondary N) is 2. The first-order valence-corrected chi connectivity index (χ1v) is 12.1. The number of hydrogen-bond acceptors (Lipinski definition) is 8. The Morgan fingerprint density at radius 2 is 1.81 bits per heavy atom. The molecular formula is C25H26ClN7O3. The fourth-order valence-corrected chi connectivity index (χ4v) is 4.39. The van der Waals surface area contributed by atoms with E-state index in [1.54, 1.807) is 22.9 Å². The Morgan fingerprint density at radius 3 is 2.61 bits per heavy atom. The maximum atomic E-state index is 12.8. The summed E-state index contributed by atoms with van der Waals surface area (Å²) in [5, 5.41) is 6.81. The molecule has 0 spiro atoms. The molecule has 1 aromatic carbocycles. The minimum absolute atomic E-state index is 0.0306. The number of fused-ring (bicyclic) bond motifs is 6. The van der Waals surface area contributed by atoms with Gasteiger partial charge in [-0.1, -0.05) is 11.6 Å². The van der Waals surface area contributed by atoms with Gasteiger partial charge in [-0.05, 0) is 48.2 Å². The molecule has 10 nitrogen and oxygen atoms in total. The SMILES string of the molecule is CC(=O)N1CCN(C(=O)COc2ccc3cc2CCc2cncc(c2)Nc2ncc(Cl)c(n2)N3)CC1. The molecule has 0 radical (unpaired) electrons. The van der Waals surface area contributed by atoms with Crippen molar-refractivity contribution >= 4 is 46.6 Å². The molecule has 2 aliphatic heterocycles. The van der Waals surface area contributed by atoms with Crippen LogP contribution in [-0.2, 0) is 22.4 Å². The van der Waals surface area contributed by atoms with Gasteiger partial charge in [0.1, 0.15) is 10.8 Å². The monoisotopic (exact) mass is 507 g/mol. The number of carbonyl (C=O) groups excluding carboxylic acids is 2. The number of aromatic nitrogens is 3. The largest absolute Gasteiger partial charge is 0.483 e. The van der Waals surface area contributed by atoms with Crippen molar-refractivity contribution in [2.45, 2.75) is 19.8 Å². The van der Waals surface area contributed by atoms with Gasteiger partial charge in [0.25, 0.3) is 5.91 Å². The molecule has 1 fully saturated rings. The summed E-state index contributed by atoms with van der Waals surface area (Å²) in [4.78, 5) is 40.9. The molecule has 5 rings (SSSR count). The van der Waals surface area contributed by atoms with Gasteiger partial charge in [-0.2, -0.15) is 4.98 Å². The van der Waals surface area contributed by atoms with E-state index in [4.69, 9.17) is 16.3 Å². The van der Waals surface area contributed by atoms with E-state index in [0.717, 1.165) is 28.9 Å². The highest BCUT2D eigenvalue weighted by molar-refractivity contribution is 6.32. The fourth-order valence-electron chi connectivity index (χ4n) is 4.25. The molecule has 2 amide bonds. The Morgan fingerprint density at radius 1 is 1.00 bits per heavy atom. The third-order valence-corrected chi connectivity index (χ3v) is 6.51. The van der Waals surface area contributed by atoms with Gasteiger partial charge in [-0.15, -0.1) is 0 Å². The Hall–Kier alpha value is -3.92. The summed E-state index contributed by atoms with van der Waals surface area (Å²) in [5.74, 6) is 1.45. The van der Waals surface area contributed by atoms with Gasteiger partial charge in [0.2, 0.25) is 11.9 Å². The normalized spacial score (nSPS) is 14.9. The highest BCUT2D eigenvalue weighted by Crippen LogP contribution is 2.30. The Balaban J connectivity index is 1.35. The van der Waals surface area contributed by atoms with E-state index in [1.165, 1.54) is 6.20 Å². The first kappa shape index (κ1) is 23.8. The minimum atomic E-state index is -0.0967. The number of anilines is 4. The number of aryl methyl sites for hydroxylation is 2. The van der Waals surface area contributed by atoms with E-state index < -0.39 is 0 Å². The van der Waals surface area contributed by atoms with E-state index in [1.807, 2.05) is 30.5 Å². The molecule has 4 heterocycles. The van der Waals surface area contributed by atoms with Crippen LogP contribution in [0.5, 0.6) is 5.75 Å². The molecule has 36 heavy (non-hydrogen) atoms. The molecule has 0 atom stereocenters. The van der Waals surface area contributed by atoms with E-state index in [0.29, 0.717) is 55.1 Å². The molecule has 3 aromatic rings. The summed E-state index contributed by atoms with van der Waals surface area (Å²) in [6.45, 7) is 3.59. The second-order valence-electron chi connectivity index (χ2n) is 8.72. The lowest BCUT2D eigenvalue weighted by molar-refractivity contribution is -0.139. The van der Waals surface area contributed by atoms with E-state index in [-0.39, 0.29) is 18.4 Å². The van der Waals surface area contributed by atoms with Crippen molar-refractivity contribution in [2.75, 3.05) is 43.4 Å². The van der Waals surface area contributed by atoms with Gasteiger partial charge in [0.05, 0.1) is 18.1 Å². The zero-order valence-corrected chi connectivity index (χ0v) is 20.6. The molecule has 2 aliphatic rings. The Bertz CT molecular complexity index is 1290. The number of rotatable bonds is 3. The summed E-state index contributed by atoms with van der Waals surface area (Å²) < 4.78 is 6.00. The van der Waals surface area contributed by atoms with Crippen molar-refractivity contribution < 1.29 is 14.3 Å². The number of benzene rings is 1. The summed E-state index contributed by atoms with van der Waals surface area (Å²) >= 11 is 6.33. The van der Waals surface area contributed by atoms with Crippen molar-refractivity contribution in [2.24, 2.45) is 0 Å². The lowest BCUT2D eigenvalue weighted by Crippen LogP contribution is -2.51. The predicted octanol–water partition coefficient (Wildman–Crippen LogP) is 3.18. The first-order chi connectivity index (χ1) is 17.4. The zero-order chi connectivity index (χ0) is 25.1. The van der Waals surface area contributed by atoms with E-state index >= 15 is 0 Å². The molecule has 0 unspecified atom stereocenters. The summed E-state index contributed by atoms with van der Waals surface area (Å²) in [6, 6.07) is 7.69. The van der Waals surface area contributed by atoms with Crippen LogP contribution in [0.25, 0.3) is 0 Å². The zero-order valence-electron chi connectivity index (χ0n) is 19.8. The minimum Gasteiger partial charge on any atom is -0.483 e. The maximum absolute atomic E-state index is 12.8. The third kappa shape index (κ3) is 5.49. The van der Waals surface area contributed by atoms with Crippen LogP contribution in [-0.4, -0.2) is 69.4 Å². The average Bonchev–Trinajstić information content (AvgIpc) is 2.89. The maximum Gasteiger partial charge on any atom is 0.260 e. The van der Waals surface area contributed by atoms with Gasteiger partial charge in [0.15, 0.2) is 12.4 Å². The summed E-state index contributed by atoms with van der Waals surface area (Å²) in [6.07, 6.45) is 6.48. The number of hydrogen-bond donors (Lipinski definition) is 2. The van der Waals surface area contributed by atoms with Gasteiger partial charge in [0, 0.05) is 45.0 Å². The van der Waals surface area contributed by atoms with E-state index in [2.05, 4.69) is 25.6 Å². The van der Waals surface area contributed by atoms with Crippen LogP contribution in [0.2, 0.25) is 5.02 Å². The predicted molar refractivity (Wildman–Crippen MR) is 136 cm³/mol. The lowest BCUT2D eigenvalue weighted by Gasteiger charge is -2.34. The molecule has 2 N–H and O–H groups in total. The number of amides is 2. The number of halogens is 1. The van der Waals surface area contributed by atoms with Gasteiger partial charge < -0.3 is 25.2 Å². The molecule has 186 valence electrons. The van der Waals surface area contributed by atoms with Crippen molar-refractivity contribution in [3.63, 3.8) is 0 Å². The van der Waals surface area contributed by atoms with E-state index in [9.17, 15) is 9.59 Å². The standard InChI is InChI=1S/C25H26ClN7O3/c1-16(34)32-6-8-33(9-7-32)23(35)15-36-22-5-4-19-11-18(22)3-2-17-10-20(13-27-12-17)30-25-28-14-21(26)24(29-19)31-25/h4-5,10-14H,2-3,6-9,15H2,1H3,(H2,28,29,30,31). The molecule has 1 saturated heterocycles. The first-order valence-electron chi connectivity index (χ1n) is 11.7. The molecular weight excluding hydrogens is 482 g/mol. The molecule has 0 aliphatic carbocycles. The van der Waals surface area contributed by atoms with Crippen LogP contribution in [0, 0.1) is 0 Å². The number of nitrogens with zero attached hydrogens (tertiary/aromatic N) is 5. The molecule has 11 heteroatoms. The van der Waals surface area contributed by atoms with Crippen LogP contribution in [0.1, 0.15) is 18.1 Å². The summed E-state index contributed by atoms with van der Waals surface area (Å²) in [5.41, 5.74) is 3.55. The quantitative estimate of drug-likeness (QED) is 0.556. The van der Waals surface area contributed by atoms with Gasteiger partial charge >= 0.3 is 0 Å². The molecule has 0 saturated carbocycles. The van der Waals surface area contributed by atoms with Gasteiger partial charge in [-0.25, -0.2) is 4.98 Å². The van der Waals surface area contributed by atoms with Crippen molar-refractivity contribution in [1.29, 1.82) is 0 Å². The number of carbonyl (C=O) groups is 2. The number of piperazine rings is 1. The second-order valence-corrected chi connectivity index (χ2v) is 9.13. The Kier molecular flexibility index (Phi) is 6.86. The Labute approximate surface area is 213 Å².